The molecule has 0 radical (unpaired) electrons. The highest BCUT2D eigenvalue weighted by atomic mass is 16.5. The van der Waals surface area contributed by atoms with Gasteiger partial charge in [0.25, 0.3) is 0 Å². The molecule has 0 bridgehead atoms. The fourth-order valence-corrected chi connectivity index (χ4v) is 1.91. The average molecular weight is 258 g/mol. The highest BCUT2D eigenvalue weighted by Crippen LogP contribution is 2.14. The topological polar surface area (TPSA) is 51.2 Å². The Kier molecular flexibility index (Phi) is 4.47. The average Bonchev–Trinajstić information content (AvgIpc) is 2.43. The van der Waals surface area contributed by atoms with E-state index >= 15 is 0 Å². The zero-order chi connectivity index (χ0) is 13.7. The lowest BCUT2D eigenvalue weighted by molar-refractivity contribution is -0.140. The lowest BCUT2D eigenvalue weighted by Gasteiger charge is -2.06. The van der Waals surface area contributed by atoms with Gasteiger partial charge in [0.15, 0.2) is 0 Å². The van der Waals surface area contributed by atoms with E-state index in [0.29, 0.717) is 13.0 Å². The first-order valence-electron chi connectivity index (χ1n) is 6.33. The number of methoxy groups -OCH3 is 1. The minimum Gasteiger partial charge on any atom is -0.469 e. The predicted molar refractivity (Wildman–Crippen MR) is 74.8 cm³/mol. The Hall–Kier alpha value is -1.94. The maximum Gasteiger partial charge on any atom is 0.306 e. The zero-order valence-electron chi connectivity index (χ0n) is 11.3. The van der Waals surface area contributed by atoms with Crippen molar-refractivity contribution in [3.05, 3.63) is 41.6 Å². The number of hydrogen-bond donors (Lipinski definition) is 1. The van der Waals surface area contributed by atoms with Crippen molar-refractivity contribution in [1.29, 1.82) is 0 Å². The summed E-state index contributed by atoms with van der Waals surface area (Å²) in [5.74, 6) is -0.189. The number of nitrogens with zero attached hydrogens (tertiary/aromatic N) is 1. The van der Waals surface area contributed by atoms with Crippen LogP contribution in [-0.4, -0.2) is 24.6 Å². The van der Waals surface area contributed by atoms with Crippen LogP contribution in [-0.2, 0) is 16.1 Å². The molecule has 0 amide bonds. The molecule has 2 aromatic rings. The first-order chi connectivity index (χ1) is 9.19. The van der Waals surface area contributed by atoms with Gasteiger partial charge in [-0.2, -0.15) is 0 Å². The highest BCUT2D eigenvalue weighted by molar-refractivity contribution is 5.79. The maximum absolute atomic E-state index is 11.0. The molecule has 0 saturated carbocycles. The molecule has 0 saturated heterocycles. The molecule has 4 heteroatoms. The lowest BCUT2D eigenvalue weighted by Crippen LogP contribution is -2.18. The number of aryl methyl sites for hydroxylation is 1. The van der Waals surface area contributed by atoms with Gasteiger partial charge in [-0.1, -0.05) is 12.1 Å². The van der Waals surface area contributed by atoms with Crippen LogP contribution in [0, 0.1) is 6.92 Å². The second kappa shape index (κ2) is 6.29. The Morgan fingerprint density at radius 2 is 2.16 bits per heavy atom. The van der Waals surface area contributed by atoms with E-state index in [1.54, 1.807) is 0 Å². The lowest BCUT2D eigenvalue weighted by atomic mass is 10.1. The normalized spacial score (nSPS) is 10.6. The third kappa shape index (κ3) is 3.76. The number of pyridine rings is 1. The third-order valence-electron chi connectivity index (χ3n) is 2.96. The van der Waals surface area contributed by atoms with Gasteiger partial charge < -0.3 is 10.1 Å². The number of aromatic nitrogens is 1. The van der Waals surface area contributed by atoms with E-state index < -0.39 is 0 Å². The minimum absolute atomic E-state index is 0.189. The SMILES string of the molecule is COC(=O)CCNCc1ccc2nc(C)ccc2c1. The van der Waals surface area contributed by atoms with Gasteiger partial charge in [0.05, 0.1) is 19.0 Å². The van der Waals surface area contributed by atoms with Gasteiger partial charge in [-0.05, 0) is 30.7 Å². The van der Waals surface area contributed by atoms with Crippen LogP contribution in [0.5, 0.6) is 0 Å². The second-order valence-electron chi connectivity index (χ2n) is 4.48. The monoisotopic (exact) mass is 258 g/mol. The molecule has 2 rings (SSSR count). The van der Waals surface area contributed by atoms with Crippen LogP contribution in [0.1, 0.15) is 17.7 Å². The van der Waals surface area contributed by atoms with Crippen molar-refractivity contribution in [3.8, 4) is 0 Å². The number of carbonyl (C=O) groups is 1. The van der Waals surface area contributed by atoms with E-state index in [4.69, 9.17) is 0 Å². The number of esters is 1. The van der Waals surface area contributed by atoms with Crippen LogP contribution in [0.3, 0.4) is 0 Å². The van der Waals surface area contributed by atoms with Crippen molar-refractivity contribution in [2.45, 2.75) is 19.9 Å². The molecule has 0 unspecified atom stereocenters. The first kappa shape index (κ1) is 13.5. The summed E-state index contributed by atoms with van der Waals surface area (Å²) in [5, 5.41) is 4.36. The summed E-state index contributed by atoms with van der Waals surface area (Å²) in [6, 6.07) is 10.3. The molecule has 1 N–H and O–H groups in total. The minimum atomic E-state index is -0.189. The van der Waals surface area contributed by atoms with Gasteiger partial charge in [-0.3, -0.25) is 9.78 Å². The Bertz CT molecular complexity index is 581. The van der Waals surface area contributed by atoms with Crippen molar-refractivity contribution >= 4 is 16.9 Å². The number of benzene rings is 1. The van der Waals surface area contributed by atoms with Crippen molar-refractivity contribution in [2.75, 3.05) is 13.7 Å². The summed E-state index contributed by atoms with van der Waals surface area (Å²) in [5.41, 5.74) is 3.22. The van der Waals surface area contributed by atoms with Crippen molar-refractivity contribution in [1.82, 2.24) is 10.3 Å². The van der Waals surface area contributed by atoms with Gasteiger partial charge in [-0.25, -0.2) is 0 Å². The summed E-state index contributed by atoms with van der Waals surface area (Å²) in [6.45, 7) is 3.35. The number of ether oxygens (including phenoxy) is 1. The molecule has 100 valence electrons. The van der Waals surface area contributed by atoms with Gasteiger partial charge in [0.2, 0.25) is 0 Å². The summed E-state index contributed by atoms with van der Waals surface area (Å²) < 4.78 is 4.58. The highest BCUT2D eigenvalue weighted by Gasteiger charge is 2.01. The fourth-order valence-electron chi connectivity index (χ4n) is 1.91. The molecule has 0 aliphatic heterocycles. The number of nitrogens with one attached hydrogen (secondary N) is 1. The van der Waals surface area contributed by atoms with Gasteiger partial charge in [-0.15, -0.1) is 0 Å². The molecule has 19 heavy (non-hydrogen) atoms. The van der Waals surface area contributed by atoms with Crippen molar-refractivity contribution in [2.24, 2.45) is 0 Å². The molecule has 0 aliphatic rings. The van der Waals surface area contributed by atoms with Crippen molar-refractivity contribution in [3.63, 3.8) is 0 Å². The quantitative estimate of drug-likeness (QED) is 0.660. The molecule has 0 atom stereocenters. The molecule has 1 heterocycles. The molecule has 1 aromatic heterocycles. The van der Waals surface area contributed by atoms with Crippen molar-refractivity contribution < 1.29 is 9.53 Å². The molecular formula is C15H18N2O2. The number of fused-ring (bicyclic) bond motifs is 1. The smallest absolute Gasteiger partial charge is 0.306 e. The van der Waals surface area contributed by atoms with Crippen LogP contribution in [0.15, 0.2) is 30.3 Å². The molecular weight excluding hydrogens is 240 g/mol. The van der Waals surface area contributed by atoms with Crippen LogP contribution >= 0.6 is 0 Å². The maximum atomic E-state index is 11.0. The van der Waals surface area contributed by atoms with E-state index in [9.17, 15) is 4.79 Å². The molecule has 0 aliphatic carbocycles. The fraction of sp³-hybridized carbons (Fsp3) is 0.333. The molecule has 4 nitrogen and oxygen atoms in total. The molecule has 1 aromatic carbocycles. The molecule has 0 fully saturated rings. The van der Waals surface area contributed by atoms with E-state index in [0.717, 1.165) is 23.1 Å². The van der Waals surface area contributed by atoms with Gasteiger partial charge in [0.1, 0.15) is 0 Å². The third-order valence-corrected chi connectivity index (χ3v) is 2.96. The Morgan fingerprint density at radius 1 is 1.32 bits per heavy atom. The van der Waals surface area contributed by atoms with E-state index in [2.05, 4.69) is 33.2 Å². The number of carbonyl (C=O) groups excluding carboxylic acids is 1. The van der Waals surface area contributed by atoms with Gasteiger partial charge in [0, 0.05) is 24.2 Å². The Balaban J connectivity index is 1.94. The summed E-state index contributed by atoms with van der Waals surface area (Å²) >= 11 is 0. The Labute approximate surface area is 112 Å². The Morgan fingerprint density at radius 3 is 2.95 bits per heavy atom. The first-order valence-corrected chi connectivity index (χ1v) is 6.33. The van der Waals surface area contributed by atoms with E-state index in [-0.39, 0.29) is 5.97 Å². The van der Waals surface area contributed by atoms with Crippen LogP contribution in [0.25, 0.3) is 10.9 Å². The number of rotatable bonds is 5. The zero-order valence-corrected chi connectivity index (χ0v) is 11.3. The van der Waals surface area contributed by atoms with Crippen LogP contribution in [0.2, 0.25) is 0 Å². The van der Waals surface area contributed by atoms with Crippen LogP contribution < -0.4 is 5.32 Å². The van der Waals surface area contributed by atoms with E-state index in [1.165, 1.54) is 12.7 Å². The summed E-state index contributed by atoms with van der Waals surface area (Å²) in [7, 11) is 1.40. The van der Waals surface area contributed by atoms with Crippen LogP contribution in [0.4, 0.5) is 0 Å². The standard InChI is InChI=1S/C15H18N2O2/c1-11-3-5-13-9-12(4-6-14(13)17-11)10-16-8-7-15(18)19-2/h3-6,9,16H,7-8,10H2,1-2H3. The summed E-state index contributed by atoms with van der Waals surface area (Å²) in [4.78, 5) is 15.4. The van der Waals surface area contributed by atoms with Gasteiger partial charge >= 0.3 is 5.97 Å². The molecule has 0 spiro atoms. The largest absolute Gasteiger partial charge is 0.469 e. The number of hydrogen-bond acceptors (Lipinski definition) is 4. The predicted octanol–water partition coefficient (Wildman–Crippen LogP) is 2.20. The second-order valence-corrected chi connectivity index (χ2v) is 4.48. The van der Waals surface area contributed by atoms with E-state index in [1.807, 2.05) is 19.1 Å². The summed E-state index contributed by atoms with van der Waals surface area (Å²) in [6.07, 6.45) is 0.394.